The van der Waals surface area contributed by atoms with E-state index in [1.807, 2.05) is 18.4 Å². The van der Waals surface area contributed by atoms with Crippen molar-refractivity contribution in [2.75, 3.05) is 13.7 Å². The van der Waals surface area contributed by atoms with E-state index in [2.05, 4.69) is 45.1 Å². The first-order valence-electron chi connectivity index (χ1n) is 5.95. The fourth-order valence-corrected chi connectivity index (χ4v) is 2.98. The first-order valence-corrected chi connectivity index (χ1v) is 6.77. The van der Waals surface area contributed by atoms with Gasteiger partial charge in [-0.05, 0) is 38.9 Å². The van der Waals surface area contributed by atoms with Gasteiger partial charge in [-0.3, -0.25) is 0 Å². The van der Waals surface area contributed by atoms with Crippen molar-refractivity contribution >= 4 is 11.3 Å². The maximum absolute atomic E-state index is 5.86. The molecule has 0 amide bonds. The Balaban J connectivity index is 2.85. The number of ether oxygens (including phenoxy) is 1. The van der Waals surface area contributed by atoms with Crippen molar-refractivity contribution in [3.8, 4) is 0 Å². The number of hydrogen-bond donors (Lipinski definition) is 1. The first-order chi connectivity index (χ1) is 7.60. The summed E-state index contributed by atoms with van der Waals surface area (Å²) in [5.74, 6) is 0.514. The van der Waals surface area contributed by atoms with Gasteiger partial charge < -0.3 is 10.1 Å². The van der Waals surface area contributed by atoms with E-state index >= 15 is 0 Å². The van der Waals surface area contributed by atoms with Gasteiger partial charge in [-0.25, -0.2) is 0 Å². The Hall–Kier alpha value is -0.380. The van der Waals surface area contributed by atoms with Crippen molar-refractivity contribution in [3.05, 3.63) is 21.9 Å². The van der Waals surface area contributed by atoms with E-state index in [9.17, 15) is 0 Å². The normalized spacial score (nSPS) is 15.4. The van der Waals surface area contributed by atoms with Crippen LogP contribution in [0.5, 0.6) is 0 Å². The highest BCUT2D eigenvalue weighted by Crippen LogP contribution is 2.29. The monoisotopic (exact) mass is 241 g/mol. The van der Waals surface area contributed by atoms with E-state index in [0.717, 1.165) is 6.61 Å². The Morgan fingerprint density at radius 3 is 2.44 bits per heavy atom. The highest BCUT2D eigenvalue weighted by molar-refractivity contribution is 7.12. The molecule has 92 valence electrons. The molecule has 2 atom stereocenters. The molecule has 0 aliphatic heterocycles. The van der Waals surface area contributed by atoms with Crippen molar-refractivity contribution in [1.29, 1.82) is 0 Å². The van der Waals surface area contributed by atoms with E-state index in [0.29, 0.717) is 12.0 Å². The summed E-state index contributed by atoms with van der Waals surface area (Å²) < 4.78 is 5.86. The summed E-state index contributed by atoms with van der Waals surface area (Å²) in [5.41, 5.74) is 0. The molecule has 0 aromatic carbocycles. The van der Waals surface area contributed by atoms with Crippen molar-refractivity contribution in [2.45, 2.75) is 39.8 Å². The zero-order chi connectivity index (χ0) is 12.1. The molecule has 3 heteroatoms. The van der Waals surface area contributed by atoms with E-state index in [1.54, 1.807) is 0 Å². The molecule has 0 bridgehead atoms. The molecule has 2 unspecified atom stereocenters. The van der Waals surface area contributed by atoms with Gasteiger partial charge in [0.25, 0.3) is 0 Å². The molecular weight excluding hydrogens is 218 g/mol. The number of thiophene rings is 1. The largest absolute Gasteiger partial charge is 0.376 e. The van der Waals surface area contributed by atoms with Crippen molar-refractivity contribution < 1.29 is 4.74 Å². The number of aryl methyl sites for hydroxylation is 1. The topological polar surface area (TPSA) is 21.3 Å². The lowest BCUT2D eigenvalue weighted by atomic mass is 9.98. The average molecular weight is 241 g/mol. The van der Waals surface area contributed by atoms with Crippen LogP contribution in [0, 0.1) is 12.8 Å². The zero-order valence-corrected chi connectivity index (χ0v) is 11.7. The van der Waals surface area contributed by atoms with Gasteiger partial charge in [0.2, 0.25) is 0 Å². The van der Waals surface area contributed by atoms with Crippen LogP contribution < -0.4 is 5.32 Å². The van der Waals surface area contributed by atoms with Gasteiger partial charge in [0.05, 0.1) is 12.1 Å². The minimum absolute atomic E-state index is 0.244. The number of hydrogen-bond acceptors (Lipinski definition) is 3. The predicted molar refractivity (Wildman–Crippen MR) is 71.1 cm³/mol. The van der Waals surface area contributed by atoms with Gasteiger partial charge in [-0.2, -0.15) is 0 Å². The maximum atomic E-state index is 5.86. The summed E-state index contributed by atoms with van der Waals surface area (Å²) in [4.78, 5) is 2.72. The van der Waals surface area contributed by atoms with Gasteiger partial charge >= 0.3 is 0 Å². The molecule has 0 saturated heterocycles. The van der Waals surface area contributed by atoms with Crippen LogP contribution in [0.25, 0.3) is 0 Å². The molecule has 0 aliphatic rings. The van der Waals surface area contributed by atoms with E-state index < -0.39 is 0 Å². The minimum Gasteiger partial charge on any atom is -0.376 e. The lowest BCUT2D eigenvalue weighted by Gasteiger charge is -2.29. The zero-order valence-electron chi connectivity index (χ0n) is 10.9. The molecule has 0 fully saturated rings. The van der Waals surface area contributed by atoms with E-state index in [-0.39, 0.29) is 6.10 Å². The molecule has 16 heavy (non-hydrogen) atoms. The Morgan fingerprint density at radius 2 is 2.06 bits per heavy atom. The van der Waals surface area contributed by atoms with Crippen LogP contribution in [0.4, 0.5) is 0 Å². The van der Waals surface area contributed by atoms with E-state index in [1.165, 1.54) is 9.75 Å². The predicted octanol–water partition coefficient (Wildman–Crippen LogP) is 3.38. The molecular formula is C13H23NOS. The third-order valence-electron chi connectivity index (χ3n) is 2.72. The molecule has 1 rings (SSSR count). The summed E-state index contributed by atoms with van der Waals surface area (Å²) in [7, 11) is 2.01. The van der Waals surface area contributed by atoms with Gasteiger partial charge in [0.15, 0.2) is 0 Å². The molecule has 0 saturated carbocycles. The Bertz CT molecular complexity index is 309. The quantitative estimate of drug-likeness (QED) is 0.824. The highest BCUT2D eigenvalue weighted by atomic mass is 32.1. The molecule has 1 N–H and O–H groups in total. The Labute approximate surface area is 103 Å². The van der Waals surface area contributed by atoms with Crippen molar-refractivity contribution in [3.63, 3.8) is 0 Å². The lowest BCUT2D eigenvalue weighted by Crippen LogP contribution is -2.35. The molecule has 0 spiro atoms. The van der Waals surface area contributed by atoms with Gasteiger partial charge in [0, 0.05) is 16.4 Å². The molecule has 0 radical (unpaired) electrons. The maximum Gasteiger partial charge on any atom is 0.0800 e. The van der Waals surface area contributed by atoms with Crippen LogP contribution >= 0.6 is 11.3 Å². The second-order valence-electron chi connectivity index (χ2n) is 4.38. The van der Waals surface area contributed by atoms with Gasteiger partial charge in [0.1, 0.15) is 0 Å². The standard InChI is InChI=1S/C13H23NOS/c1-6-15-13(9(2)3)12(14-5)11-8-7-10(4)16-11/h7-9,12-14H,6H2,1-5H3. The van der Waals surface area contributed by atoms with Gasteiger partial charge in [-0.1, -0.05) is 13.8 Å². The van der Waals surface area contributed by atoms with Crippen LogP contribution in [0.3, 0.4) is 0 Å². The van der Waals surface area contributed by atoms with Crippen LogP contribution in [-0.2, 0) is 4.74 Å². The summed E-state index contributed by atoms with van der Waals surface area (Å²) in [6.07, 6.45) is 0.244. The molecule has 1 heterocycles. The fourth-order valence-electron chi connectivity index (χ4n) is 1.96. The summed E-state index contributed by atoms with van der Waals surface area (Å²) in [6, 6.07) is 4.68. The summed E-state index contributed by atoms with van der Waals surface area (Å²) in [5, 5.41) is 3.38. The summed E-state index contributed by atoms with van der Waals surface area (Å²) >= 11 is 1.85. The molecule has 2 nitrogen and oxygen atoms in total. The van der Waals surface area contributed by atoms with Gasteiger partial charge in [-0.15, -0.1) is 11.3 Å². The van der Waals surface area contributed by atoms with E-state index in [4.69, 9.17) is 4.74 Å². The Morgan fingerprint density at radius 1 is 1.38 bits per heavy atom. The van der Waals surface area contributed by atoms with Crippen LogP contribution in [0.15, 0.2) is 12.1 Å². The van der Waals surface area contributed by atoms with Crippen LogP contribution in [0.1, 0.15) is 36.6 Å². The molecule has 1 aromatic heterocycles. The first kappa shape index (κ1) is 13.7. The third-order valence-corrected chi connectivity index (χ3v) is 3.81. The van der Waals surface area contributed by atoms with Crippen LogP contribution in [-0.4, -0.2) is 19.8 Å². The van der Waals surface area contributed by atoms with Crippen molar-refractivity contribution in [2.24, 2.45) is 5.92 Å². The Kier molecular flexibility index (Phi) is 5.46. The average Bonchev–Trinajstić information content (AvgIpc) is 2.64. The fraction of sp³-hybridized carbons (Fsp3) is 0.692. The SMILES string of the molecule is CCOC(C(C)C)C(NC)c1ccc(C)s1. The number of rotatable bonds is 6. The molecule has 0 aliphatic carbocycles. The van der Waals surface area contributed by atoms with Crippen molar-refractivity contribution in [1.82, 2.24) is 5.32 Å². The molecule has 1 aromatic rings. The highest BCUT2D eigenvalue weighted by Gasteiger charge is 2.26. The second kappa shape index (κ2) is 6.38. The number of nitrogens with one attached hydrogen (secondary N) is 1. The minimum atomic E-state index is 0.244. The smallest absolute Gasteiger partial charge is 0.0800 e. The third kappa shape index (κ3) is 3.30. The summed E-state index contributed by atoms with van der Waals surface area (Å²) in [6.45, 7) is 9.40. The number of likely N-dealkylation sites (N-methyl/N-ethyl adjacent to an activating group) is 1. The second-order valence-corrected chi connectivity index (χ2v) is 5.70. The van der Waals surface area contributed by atoms with Crippen LogP contribution in [0.2, 0.25) is 0 Å². The lowest BCUT2D eigenvalue weighted by molar-refractivity contribution is 0.00543.